The number of benzene rings is 1. The van der Waals surface area contributed by atoms with Crippen LogP contribution in [0.5, 0.6) is 11.5 Å². The number of halogens is 2. The molecule has 1 N–H and O–H groups in total. The highest BCUT2D eigenvalue weighted by atomic mass is 35.5. The van der Waals surface area contributed by atoms with E-state index in [2.05, 4.69) is 10.7 Å². The van der Waals surface area contributed by atoms with Crippen molar-refractivity contribution in [3.63, 3.8) is 0 Å². The van der Waals surface area contributed by atoms with E-state index in [0.29, 0.717) is 0 Å². The first-order valence-electron chi connectivity index (χ1n) is 4.38. The molecule has 0 saturated heterocycles. The highest BCUT2D eigenvalue weighted by molar-refractivity contribution is 6.38. The Hall–Kier alpha value is -1.57. The normalized spacial score (nSPS) is 9.53. The maximum Gasteiger partial charge on any atom is 0.341 e. The summed E-state index contributed by atoms with van der Waals surface area (Å²) in [6.45, 7) is -0.0591. The van der Waals surface area contributed by atoms with Crippen LogP contribution in [-0.4, -0.2) is 24.8 Å². The number of esters is 1. The second-order valence-corrected chi connectivity index (χ2v) is 3.67. The summed E-state index contributed by atoms with van der Waals surface area (Å²) in [6, 6.07) is 1.19. The van der Waals surface area contributed by atoms with Gasteiger partial charge in [0.05, 0.1) is 12.1 Å². The molecule has 0 fully saturated rings. The molecular weight excluding hydrogens is 267 g/mol. The van der Waals surface area contributed by atoms with Crippen molar-refractivity contribution in [1.82, 2.24) is 0 Å². The van der Waals surface area contributed by atoms with E-state index in [1.54, 1.807) is 0 Å². The van der Waals surface area contributed by atoms with Gasteiger partial charge in [-0.1, -0.05) is 29.1 Å². The fraction of sp³-hybridized carbons (Fsp3) is 0.182. The van der Waals surface area contributed by atoms with E-state index in [1.807, 2.05) is 0 Å². The van der Waals surface area contributed by atoms with E-state index < -0.39 is 11.7 Å². The SMILES string of the molecule is C#CCOc1c(Cl)cc(C(=O)OC)c(O)c1Cl. The number of rotatable bonds is 3. The van der Waals surface area contributed by atoms with E-state index in [9.17, 15) is 9.90 Å². The molecule has 90 valence electrons. The largest absolute Gasteiger partial charge is 0.505 e. The predicted octanol–water partition coefficient (Wildman–Crippen LogP) is 2.50. The van der Waals surface area contributed by atoms with Crippen LogP contribution in [-0.2, 0) is 4.74 Å². The van der Waals surface area contributed by atoms with Crippen LogP contribution in [0.4, 0.5) is 0 Å². The maximum absolute atomic E-state index is 11.3. The minimum Gasteiger partial charge on any atom is -0.505 e. The van der Waals surface area contributed by atoms with Gasteiger partial charge in [-0.15, -0.1) is 6.42 Å². The van der Waals surface area contributed by atoms with Crippen molar-refractivity contribution in [2.75, 3.05) is 13.7 Å². The van der Waals surface area contributed by atoms with Crippen LogP contribution in [0, 0.1) is 12.3 Å². The lowest BCUT2D eigenvalue weighted by Crippen LogP contribution is -2.03. The molecule has 0 aliphatic rings. The Morgan fingerprint density at radius 1 is 1.59 bits per heavy atom. The van der Waals surface area contributed by atoms with Gasteiger partial charge in [0.15, 0.2) is 11.5 Å². The molecule has 4 nitrogen and oxygen atoms in total. The standard InChI is InChI=1S/C11H8Cl2O4/c1-3-4-17-10-7(12)5-6(11(15)16-2)9(14)8(10)13/h1,5,14H,4H2,2H3. The molecule has 0 aromatic heterocycles. The van der Waals surface area contributed by atoms with Crippen LogP contribution in [0.25, 0.3) is 0 Å². The van der Waals surface area contributed by atoms with Gasteiger partial charge in [-0.2, -0.15) is 0 Å². The Labute approximate surface area is 108 Å². The van der Waals surface area contributed by atoms with E-state index >= 15 is 0 Å². The number of methoxy groups -OCH3 is 1. The van der Waals surface area contributed by atoms with Gasteiger partial charge in [0.25, 0.3) is 0 Å². The van der Waals surface area contributed by atoms with Crippen molar-refractivity contribution in [3.05, 3.63) is 21.7 Å². The third-order valence-electron chi connectivity index (χ3n) is 1.86. The zero-order valence-electron chi connectivity index (χ0n) is 8.79. The third kappa shape index (κ3) is 2.76. The summed E-state index contributed by atoms with van der Waals surface area (Å²) in [5.41, 5.74) is -0.143. The number of ether oxygens (including phenoxy) is 2. The topological polar surface area (TPSA) is 55.8 Å². The number of carbonyl (C=O) groups excluding carboxylic acids is 1. The van der Waals surface area contributed by atoms with Crippen LogP contribution in [0.3, 0.4) is 0 Å². The molecule has 0 unspecified atom stereocenters. The summed E-state index contributed by atoms with van der Waals surface area (Å²) < 4.78 is 9.51. The molecule has 0 aliphatic heterocycles. The molecule has 17 heavy (non-hydrogen) atoms. The first-order chi connectivity index (χ1) is 8.02. The number of hydrogen-bond acceptors (Lipinski definition) is 4. The van der Waals surface area contributed by atoms with Crippen molar-refractivity contribution in [2.45, 2.75) is 0 Å². The second-order valence-electron chi connectivity index (χ2n) is 2.88. The highest BCUT2D eigenvalue weighted by Crippen LogP contribution is 2.42. The summed E-state index contributed by atoms with van der Waals surface area (Å²) in [4.78, 5) is 11.3. The summed E-state index contributed by atoms with van der Waals surface area (Å²) >= 11 is 11.7. The number of aromatic hydroxyl groups is 1. The number of hydrogen-bond donors (Lipinski definition) is 1. The molecule has 1 rings (SSSR count). The number of carbonyl (C=O) groups is 1. The van der Waals surface area contributed by atoms with E-state index in [-0.39, 0.29) is 28.0 Å². The Bertz CT molecular complexity index is 491. The highest BCUT2D eigenvalue weighted by Gasteiger charge is 2.21. The molecule has 6 heteroatoms. The van der Waals surface area contributed by atoms with Crippen LogP contribution >= 0.6 is 23.2 Å². The number of phenolic OH excluding ortho intramolecular Hbond substituents is 1. The summed E-state index contributed by atoms with van der Waals surface area (Å²) in [7, 11) is 1.17. The molecule has 0 aliphatic carbocycles. The van der Waals surface area contributed by atoms with E-state index in [4.69, 9.17) is 34.4 Å². The average molecular weight is 275 g/mol. The fourth-order valence-electron chi connectivity index (χ4n) is 1.10. The van der Waals surface area contributed by atoms with Gasteiger partial charge in [0.1, 0.15) is 17.2 Å². The third-order valence-corrected chi connectivity index (χ3v) is 2.49. The molecule has 0 atom stereocenters. The molecule has 0 heterocycles. The van der Waals surface area contributed by atoms with E-state index in [1.165, 1.54) is 13.2 Å². The monoisotopic (exact) mass is 274 g/mol. The molecule has 1 aromatic carbocycles. The Morgan fingerprint density at radius 3 is 2.76 bits per heavy atom. The van der Waals surface area contributed by atoms with Crippen LogP contribution in [0.2, 0.25) is 10.0 Å². The van der Waals surface area contributed by atoms with Crippen molar-refractivity contribution < 1.29 is 19.4 Å². The van der Waals surface area contributed by atoms with E-state index in [0.717, 1.165) is 0 Å². The smallest absolute Gasteiger partial charge is 0.341 e. The number of terminal acetylenes is 1. The quantitative estimate of drug-likeness (QED) is 0.680. The van der Waals surface area contributed by atoms with Crippen molar-refractivity contribution in [2.24, 2.45) is 0 Å². The number of phenols is 1. The van der Waals surface area contributed by atoms with Crippen LogP contribution in [0.1, 0.15) is 10.4 Å². The van der Waals surface area contributed by atoms with Gasteiger partial charge in [0.2, 0.25) is 0 Å². The van der Waals surface area contributed by atoms with Gasteiger partial charge >= 0.3 is 5.97 Å². The fourth-order valence-corrected chi connectivity index (χ4v) is 1.67. The molecule has 0 spiro atoms. The lowest BCUT2D eigenvalue weighted by molar-refractivity contribution is 0.0597. The summed E-state index contributed by atoms with van der Waals surface area (Å²) in [6.07, 6.45) is 5.02. The van der Waals surface area contributed by atoms with Gasteiger partial charge in [-0.25, -0.2) is 4.79 Å². The first-order valence-corrected chi connectivity index (χ1v) is 5.14. The average Bonchev–Trinajstić information content (AvgIpc) is 2.32. The zero-order chi connectivity index (χ0) is 13.0. The van der Waals surface area contributed by atoms with Gasteiger partial charge in [0, 0.05) is 0 Å². The maximum atomic E-state index is 11.3. The zero-order valence-corrected chi connectivity index (χ0v) is 10.3. The Balaban J connectivity index is 3.27. The second kappa shape index (κ2) is 5.67. The van der Waals surface area contributed by atoms with Gasteiger partial charge < -0.3 is 14.6 Å². The Kier molecular flexibility index (Phi) is 4.50. The van der Waals surface area contributed by atoms with Crippen LogP contribution in [0.15, 0.2) is 6.07 Å². The summed E-state index contributed by atoms with van der Waals surface area (Å²) in [5.74, 6) is 1.03. The summed E-state index contributed by atoms with van der Waals surface area (Å²) in [5, 5.41) is 9.55. The molecule has 0 amide bonds. The molecule has 0 saturated carbocycles. The molecule has 0 radical (unpaired) electrons. The van der Waals surface area contributed by atoms with Crippen molar-refractivity contribution in [3.8, 4) is 23.8 Å². The minimum absolute atomic E-state index is 0.0245. The van der Waals surface area contributed by atoms with Gasteiger partial charge in [-0.3, -0.25) is 0 Å². The van der Waals surface area contributed by atoms with Crippen LogP contribution < -0.4 is 4.74 Å². The minimum atomic E-state index is -0.755. The lowest BCUT2D eigenvalue weighted by Gasteiger charge is -2.11. The Morgan fingerprint density at radius 2 is 2.24 bits per heavy atom. The van der Waals surface area contributed by atoms with Crippen molar-refractivity contribution >= 4 is 29.2 Å². The molecule has 0 bridgehead atoms. The predicted molar refractivity (Wildman–Crippen MR) is 63.8 cm³/mol. The molecule has 1 aromatic rings. The van der Waals surface area contributed by atoms with Gasteiger partial charge in [-0.05, 0) is 6.07 Å². The first kappa shape index (κ1) is 13.5. The lowest BCUT2D eigenvalue weighted by atomic mass is 10.2. The molecular formula is C11H8Cl2O4. The van der Waals surface area contributed by atoms with Crippen molar-refractivity contribution in [1.29, 1.82) is 0 Å².